The van der Waals surface area contributed by atoms with Gasteiger partial charge in [0.2, 0.25) is 11.0 Å². The zero-order valence-corrected chi connectivity index (χ0v) is 11.3. The van der Waals surface area contributed by atoms with Crippen LogP contribution < -0.4 is 5.32 Å². The van der Waals surface area contributed by atoms with Crippen LogP contribution in [0, 0.1) is 5.92 Å². The van der Waals surface area contributed by atoms with Crippen molar-refractivity contribution in [3.8, 4) is 0 Å². The van der Waals surface area contributed by atoms with E-state index in [1.54, 1.807) is 0 Å². The van der Waals surface area contributed by atoms with E-state index in [9.17, 15) is 4.79 Å². The topological polar surface area (TPSA) is 64.1 Å². The normalized spacial score (nSPS) is 10.8. The molecule has 96 valence electrons. The number of rotatable bonds is 7. The Morgan fingerprint density at radius 1 is 1.47 bits per heavy atom. The summed E-state index contributed by atoms with van der Waals surface area (Å²) >= 11 is 1.40. The van der Waals surface area contributed by atoms with Crippen molar-refractivity contribution in [1.29, 1.82) is 0 Å². The van der Waals surface area contributed by atoms with Gasteiger partial charge in [0.1, 0.15) is 5.01 Å². The molecule has 1 heterocycles. The van der Waals surface area contributed by atoms with Gasteiger partial charge >= 0.3 is 0 Å². The number of nitrogens with zero attached hydrogens (tertiary/aromatic N) is 2. The third-order valence-corrected chi connectivity index (χ3v) is 2.87. The number of anilines is 1. The molecule has 0 fully saturated rings. The molecule has 0 saturated heterocycles. The molecule has 0 aliphatic heterocycles. The van der Waals surface area contributed by atoms with Crippen molar-refractivity contribution in [3.63, 3.8) is 0 Å². The highest BCUT2D eigenvalue weighted by atomic mass is 32.1. The van der Waals surface area contributed by atoms with Crippen LogP contribution in [0.25, 0.3) is 0 Å². The molecule has 17 heavy (non-hydrogen) atoms. The van der Waals surface area contributed by atoms with Crippen LogP contribution >= 0.6 is 11.3 Å². The molecule has 0 aromatic carbocycles. The van der Waals surface area contributed by atoms with Crippen LogP contribution in [0.5, 0.6) is 0 Å². The summed E-state index contributed by atoms with van der Waals surface area (Å²) in [5.41, 5.74) is 0. The molecule has 0 spiro atoms. The number of amides is 1. The Labute approximate surface area is 106 Å². The van der Waals surface area contributed by atoms with Crippen molar-refractivity contribution < 1.29 is 9.53 Å². The minimum Gasteiger partial charge on any atom is -0.381 e. The summed E-state index contributed by atoms with van der Waals surface area (Å²) in [6.45, 7) is 7.32. The first-order valence-corrected chi connectivity index (χ1v) is 6.63. The smallest absolute Gasteiger partial charge is 0.226 e. The second-order valence-corrected chi connectivity index (χ2v) is 5.16. The van der Waals surface area contributed by atoms with Crippen molar-refractivity contribution >= 4 is 22.4 Å². The molecular formula is C11H19N3O2S. The molecular weight excluding hydrogens is 238 g/mol. The van der Waals surface area contributed by atoms with Crippen LogP contribution in [0.4, 0.5) is 5.13 Å². The van der Waals surface area contributed by atoms with Crippen LogP contribution in [0.1, 0.15) is 32.2 Å². The standard InChI is InChI=1S/C11H19N3O2S/c1-4-16-6-5-10-13-14-11(17-10)12-9(15)7-8(2)3/h8H,4-7H2,1-3H3,(H,12,14,15). The first-order chi connectivity index (χ1) is 8.11. The molecule has 1 N–H and O–H groups in total. The first-order valence-electron chi connectivity index (χ1n) is 5.81. The summed E-state index contributed by atoms with van der Waals surface area (Å²) in [6, 6.07) is 0. The maximum absolute atomic E-state index is 11.5. The average molecular weight is 257 g/mol. The number of carbonyl (C=O) groups is 1. The SMILES string of the molecule is CCOCCc1nnc(NC(=O)CC(C)C)s1. The van der Waals surface area contributed by atoms with Crippen molar-refractivity contribution in [2.75, 3.05) is 18.5 Å². The Morgan fingerprint density at radius 3 is 2.88 bits per heavy atom. The van der Waals surface area contributed by atoms with Gasteiger partial charge in [-0.2, -0.15) is 0 Å². The molecule has 5 nitrogen and oxygen atoms in total. The van der Waals surface area contributed by atoms with E-state index in [1.165, 1.54) is 11.3 Å². The third kappa shape index (κ3) is 5.74. The van der Waals surface area contributed by atoms with Gasteiger partial charge in [-0.3, -0.25) is 4.79 Å². The van der Waals surface area contributed by atoms with E-state index in [0.717, 1.165) is 11.4 Å². The lowest BCUT2D eigenvalue weighted by atomic mass is 10.1. The molecule has 6 heteroatoms. The van der Waals surface area contributed by atoms with Gasteiger partial charge in [0.15, 0.2) is 0 Å². The number of hydrogen-bond donors (Lipinski definition) is 1. The van der Waals surface area contributed by atoms with Crippen LogP contribution in [0.3, 0.4) is 0 Å². The van der Waals surface area contributed by atoms with E-state index in [0.29, 0.717) is 30.7 Å². The van der Waals surface area contributed by atoms with Gasteiger partial charge in [-0.1, -0.05) is 25.2 Å². The monoisotopic (exact) mass is 257 g/mol. The number of nitrogens with one attached hydrogen (secondary N) is 1. The van der Waals surface area contributed by atoms with E-state index < -0.39 is 0 Å². The van der Waals surface area contributed by atoms with Gasteiger partial charge in [0.05, 0.1) is 6.61 Å². The summed E-state index contributed by atoms with van der Waals surface area (Å²) in [4.78, 5) is 11.5. The Kier molecular flexibility index (Phi) is 6.07. The molecule has 0 aliphatic rings. The van der Waals surface area contributed by atoms with Crippen molar-refractivity contribution in [2.24, 2.45) is 5.92 Å². The number of ether oxygens (including phenoxy) is 1. The minimum absolute atomic E-state index is 0.00694. The first kappa shape index (κ1) is 14.1. The fraction of sp³-hybridized carbons (Fsp3) is 0.727. The molecule has 0 unspecified atom stereocenters. The summed E-state index contributed by atoms with van der Waals surface area (Å²) in [5, 5.41) is 12.1. The second kappa shape index (κ2) is 7.34. The third-order valence-electron chi connectivity index (χ3n) is 1.97. The predicted octanol–water partition coefficient (Wildman–Crippen LogP) is 2.10. The molecule has 0 bridgehead atoms. The highest BCUT2D eigenvalue weighted by Crippen LogP contribution is 2.16. The Bertz CT molecular complexity index is 352. The van der Waals surface area contributed by atoms with Crippen molar-refractivity contribution in [3.05, 3.63) is 5.01 Å². The molecule has 1 amide bonds. The van der Waals surface area contributed by atoms with E-state index in [-0.39, 0.29) is 5.91 Å². The van der Waals surface area contributed by atoms with Gasteiger partial charge in [0.25, 0.3) is 0 Å². The average Bonchev–Trinajstić information content (AvgIpc) is 2.64. The quantitative estimate of drug-likeness (QED) is 0.760. The summed E-state index contributed by atoms with van der Waals surface area (Å²) < 4.78 is 5.23. The fourth-order valence-electron chi connectivity index (χ4n) is 1.25. The Balaban J connectivity index is 2.37. The van der Waals surface area contributed by atoms with Crippen LogP contribution in [0.15, 0.2) is 0 Å². The molecule has 0 saturated carbocycles. The van der Waals surface area contributed by atoms with Gasteiger partial charge in [-0.15, -0.1) is 10.2 Å². The highest BCUT2D eigenvalue weighted by molar-refractivity contribution is 7.15. The van der Waals surface area contributed by atoms with Gasteiger partial charge in [0, 0.05) is 19.4 Å². The lowest BCUT2D eigenvalue weighted by molar-refractivity contribution is -0.116. The Morgan fingerprint density at radius 2 is 2.24 bits per heavy atom. The maximum Gasteiger partial charge on any atom is 0.226 e. The van der Waals surface area contributed by atoms with Crippen molar-refractivity contribution in [2.45, 2.75) is 33.6 Å². The molecule has 0 aliphatic carbocycles. The number of hydrogen-bond acceptors (Lipinski definition) is 5. The van der Waals surface area contributed by atoms with E-state index >= 15 is 0 Å². The van der Waals surface area contributed by atoms with Crippen LogP contribution in [-0.4, -0.2) is 29.3 Å². The zero-order valence-electron chi connectivity index (χ0n) is 10.5. The van der Waals surface area contributed by atoms with Gasteiger partial charge < -0.3 is 10.1 Å². The number of carbonyl (C=O) groups excluding carboxylic acids is 1. The zero-order chi connectivity index (χ0) is 12.7. The van der Waals surface area contributed by atoms with Crippen LogP contribution in [-0.2, 0) is 16.0 Å². The molecule has 1 aromatic rings. The molecule has 0 radical (unpaired) electrons. The van der Waals surface area contributed by atoms with Gasteiger partial charge in [-0.05, 0) is 12.8 Å². The van der Waals surface area contributed by atoms with Crippen LogP contribution in [0.2, 0.25) is 0 Å². The fourth-order valence-corrected chi connectivity index (χ4v) is 1.99. The van der Waals surface area contributed by atoms with E-state index in [2.05, 4.69) is 15.5 Å². The highest BCUT2D eigenvalue weighted by Gasteiger charge is 2.09. The second-order valence-electron chi connectivity index (χ2n) is 4.09. The lowest BCUT2D eigenvalue weighted by Gasteiger charge is -2.02. The summed E-state index contributed by atoms with van der Waals surface area (Å²) in [6.07, 6.45) is 1.25. The molecule has 0 atom stereocenters. The largest absolute Gasteiger partial charge is 0.381 e. The summed E-state index contributed by atoms with van der Waals surface area (Å²) in [5.74, 6) is 0.341. The minimum atomic E-state index is -0.00694. The number of aromatic nitrogens is 2. The van der Waals surface area contributed by atoms with E-state index in [4.69, 9.17) is 4.74 Å². The van der Waals surface area contributed by atoms with Crippen molar-refractivity contribution in [1.82, 2.24) is 10.2 Å². The Hall–Kier alpha value is -1.01. The lowest BCUT2D eigenvalue weighted by Crippen LogP contribution is -2.13. The van der Waals surface area contributed by atoms with Gasteiger partial charge in [-0.25, -0.2) is 0 Å². The van der Waals surface area contributed by atoms with E-state index in [1.807, 2.05) is 20.8 Å². The predicted molar refractivity (Wildman–Crippen MR) is 68.2 cm³/mol. The maximum atomic E-state index is 11.5. The molecule has 1 aromatic heterocycles. The molecule has 1 rings (SSSR count). The summed E-state index contributed by atoms with van der Waals surface area (Å²) in [7, 11) is 0.